The van der Waals surface area contributed by atoms with Gasteiger partial charge in [-0.2, -0.15) is 0 Å². The number of benzene rings is 2. The second kappa shape index (κ2) is 9.31. The van der Waals surface area contributed by atoms with Gasteiger partial charge in [-0.15, -0.1) is 0 Å². The van der Waals surface area contributed by atoms with E-state index in [1.54, 1.807) is 44.6 Å². The lowest BCUT2D eigenvalue weighted by Gasteiger charge is -2.11. The van der Waals surface area contributed by atoms with E-state index < -0.39 is 0 Å². The SMILES string of the molecule is COc1ccc(NCCC(=O)Nc2cccc(NC(C)=O)c2)cc1OC. The average molecular weight is 357 g/mol. The highest BCUT2D eigenvalue weighted by Crippen LogP contribution is 2.29. The van der Waals surface area contributed by atoms with E-state index in [1.807, 2.05) is 12.1 Å². The van der Waals surface area contributed by atoms with Crippen LogP contribution in [0.15, 0.2) is 42.5 Å². The number of methoxy groups -OCH3 is 2. The van der Waals surface area contributed by atoms with Gasteiger partial charge in [0.05, 0.1) is 14.2 Å². The van der Waals surface area contributed by atoms with E-state index in [9.17, 15) is 9.59 Å². The van der Waals surface area contributed by atoms with Gasteiger partial charge < -0.3 is 25.4 Å². The highest BCUT2D eigenvalue weighted by atomic mass is 16.5. The zero-order valence-electron chi connectivity index (χ0n) is 15.1. The number of anilines is 3. The number of hydrogen-bond acceptors (Lipinski definition) is 5. The van der Waals surface area contributed by atoms with Crippen LogP contribution in [-0.4, -0.2) is 32.6 Å². The van der Waals surface area contributed by atoms with Crippen LogP contribution in [0.5, 0.6) is 11.5 Å². The van der Waals surface area contributed by atoms with E-state index in [4.69, 9.17) is 9.47 Å². The van der Waals surface area contributed by atoms with Gasteiger partial charge >= 0.3 is 0 Å². The fourth-order valence-electron chi connectivity index (χ4n) is 2.37. The Labute approximate surface area is 152 Å². The molecule has 138 valence electrons. The van der Waals surface area contributed by atoms with Crippen molar-refractivity contribution in [1.82, 2.24) is 0 Å². The van der Waals surface area contributed by atoms with Crippen molar-refractivity contribution < 1.29 is 19.1 Å². The van der Waals surface area contributed by atoms with Gasteiger partial charge in [-0.25, -0.2) is 0 Å². The summed E-state index contributed by atoms with van der Waals surface area (Å²) in [5.74, 6) is 0.983. The predicted molar refractivity (Wildman–Crippen MR) is 102 cm³/mol. The van der Waals surface area contributed by atoms with Gasteiger partial charge in [0.25, 0.3) is 0 Å². The smallest absolute Gasteiger partial charge is 0.226 e. The van der Waals surface area contributed by atoms with Crippen LogP contribution in [0.25, 0.3) is 0 Å². The van der Waals surface area contributed by atoms with Crippen molar-refractivity contribution in [3.63, 3.8) is 0 Å². The van der Waals surface area contributed by atoms with Gasteiger partial charge in [0, 0.05) is 43.0 Å². The van der Waals surface area contributed by atoms with Crippen LogP contribution in [0.1, 0.15) is 13.3 Å². The number of nitrogens with one attached hydrogen (secondary N) is 3. The largest absolute Gasteiger partial charge is 0.493 e. The first-order valence-electron chi connectivity index (χ1n) is 8.15. The molecule has 2 aromatic carbocycles. The molecule has 0 fully saturated rings. The minimum atomic E-state index is -0.160. The second-order valence-electron chi connectivity index (χ2n) is 5.56. The first-order chi connectivity index (χ1) is 12.5. The Kier molecular flexibility index (Phi) is 6.84. The lowest BCUT2D eigenvalue weighted by atomic mass is 10.2. The zero-order chi connectivity index (χ0) is 18.9. The Morgan fingerprint density at radius 1 is 0.885 bits per heavy atom. The lowest BCUT2D eigenvalue weighted by molar-refractivity contribution is -0.116. The lowest BCUT2D eigenvalue weighted by Crippen LogP contribution is -2.16. The van der Waals surface area contributed by atoms with Crippen molar-refractivity contribution in [2.45, 2.75) is 13.3 Å². The van der Waals surface area contributed by atoms with Gasteiger partial charge in [0.2, 0.25) is 11.8 Å². The molecule has 0 unspecified atom stereocenters. The van der Waals surface area contributed by atoms with Crippen molar-refractivity contribution in [3.05, 3.63) is 42.5 Å². The average Bonchev–Trinajstić information content (AvgIpc) is 2.61. The molecule has 0 bridgehead atoms. The first-order valence-corrected chi connectivity index (χ1v) is 8.15. The van der Waals surface area contributed by atoms with Gasteiger partial charge in [0.15, 0.2) is 11.5 Å². The van der Waals surface area contributed by atoms with Crippen LogP contribution in [0, 0.1) is 0 Å². The molecular weight excluding hydrogens is 334 g/mol. The maximum absolute atomic E-state index is 12.1. The Balaban J connectivity index is 1.85. The highest BCUT2D eigenvalue weighted by Gasteiger charge is 2.06. The Bertz CT molecular complexity index is 777. The molecule has 0 aromatic heterocycles. The van der Waals surface area contributed by atoms with E-state index in [-0.39, 0.29) is 11.8 Å². The van der Waals surface area contributed by atoms with Crippen LogP contribution in [0.3, 0.4) is 0 Å². The van der Waals surface area contributed by atoms with Crippen molar-refractivity contribution in [2.75, 3.05) is 36.7 Å². The van der Waals surface area contributed by atoms with Crippen LogP contribution in [0.4, 0.5) is 17.1 Å². The molecule has 2 aromatic rings. The molecule has 0 saturated carbocycles. The molecule has 0 heterocycles. The topological polar surface area (TPSA) is 88.7 Å². The maximum atomic E-state index is 12.1. The summed E-state index contributed by atoms with van der Waals surface area (Å²) in [6.45, 7) is 1.90. The first kappa shape index (κ1) is 19.1. The normalized spacial score (nSPS) is 9.96. The third kappa shape index (κ3) is 5.70. The Morgan fingerprint density at radius 2 is 1.58 bits per heavy atom. The number of hydrogen-bond donors (Lipinski definition) is 3. The Hall–Kier alpha value is -3.22. The number of ether oxygens (including phenoxy) is 2. The molecule has 3 N–H and O–H groups in total. The number of carbonyl (C=O) groups excluding carboxylic acids is 2. The molecule has 7 heteroatoms. The molecule has 26 heavy (non-hydrogen) atoms. The summed E-state index contributed by atoms with van der Waals surface area (Å²) in [4.78, 5) is 23.2. The zero-order valence-corrected chi connectivity index (χ0v) is 15.1. The van der Waals surface area contributed by atoms with Crippen LogP contribution < -0.4 is 25.4 Å². The predicted octanol–water partition coefficient (Wildman–Crippen LogP) is 3.10. The van der Waals surface area contributed by atoms with Gasteiger partial charge in [0.1, 0.15) is 0 Å². The molecule has 7 nitrogen and oxygen atoms in total. The van der Waals surface area contributed by atoms with Gasteiger partial charge in [-0.1, -0.05) is 6.07 Å². The summed E-state index contributed by atoms with van der Waals surface area (Å²) in [5.41, 5.74) is 2.11. The summed E-state index contributed by atoms with van der Waals surface area (Å²) in [6.07, 6.45) is 0.290. The summed E-state index contributed by atoms with van der Waals surface area (Å²) in [7, 11) is 3.15. The fourth-order valence-corrected chi connectivity index (χ4v) is 2.37. The van der Waals surface area contributed by atoms with Crippen molar-refractivity contribution >= 4 is 28.9 Å². The summed E-state index contributed by atoms with van der Waals surface area (Å²) in [6, 6.07) is 12.5. The molecule has 0 aliphatic carbocycles. The fraction of sp³-hybridized carbons (Fsp3) is 0.263. The standard InChI is InChI=1S/C19H23N3O4/c1-13(23)21-15-5-4-6-16(11-15)22-19(24)9-10-20-14-7-8-17(25-2)18(12-14)26-3/h4-8,11-12,20H,9-10H2,1-3H3,(H,21,23)(H,22,24). The molecule has 2 rings (SSSR count). The van der Waals surface area contributed by atoms with Crippen LogP contribution >= 0.6 is 0 Å². The monoisotopic (exact) mass is 357 g/mol. The summed E-state index contributed by atoms with van der Waals surface area (Å²) >= 11 is 0. The third-order valence-corrected chi connectivity index (χ3v) is 3.53. The molecule has 2 amide bonds. The summed E-state index contributed by atoms with van der Waals surface area (Å²) < 4.78 is 10.4. The molecule has 0 spiro atoms. The quantitative estimate of drug-likeness (QED) is 0.676. The Morgan fingerprint density at radius 3 is 2.23 bits per heavy atom. The molecular formula is C19H23N3O4. The third-order valence-electron chi connectivity index (χ3n) is 3.53. The van der Waals surface area contributed by atoms with Gasteiger partial charge in [-0.3, -0.25) is 9.59 Å². The minimum Gasteiger partial charge on any atom is -0.493 e. The van der Waals surface area contributed by atoms with E-state index >= 15 is 0 Å². The van der Waals surface area contributed by atoms with Crippen LogP contribution in [-0.2, 0) is 9.59 Å². The highest BCUT2D eigenvalue weighted by molar-refractivity contribution is 5.93. The number of carbonyl (C=O) groups is 2. The summed E-state index contributed by atoms with van der Waals surface area (Å²) in [5, 5.41) is 8.66. The second-order valence-corrected chi connectivity index (χ2v) is 5.56. The van der Waals surface area contributed by atoms with E-state index in [0.717, 1.165) is 5.69 Å². The van der Waals surface area contributed by atoms with Crippen molar-refractivity contribution in [1.29, 1.82) is 0 Å². The maximum Gasteiger partial charge on any atom is 0.226 e. The van der Waals surface area contributed by atoms with E-state index in [1.165, 1.54) is 6.92 Å². The molecule has 0 aliphatic rings. The minimum absolute atomic E-state index is 0.127. The molecule has 0 aliphatic heterocycles. The molecule has 0 radical (unpaired) electrons. The van der Waals surface area contributed by atoms with Crippen LogP contribution in [0.2, 0.25) is 0 Å². The van der Waals surface area contributed by atoms with Gasteiger partial charge in [-0.05, 0) is 30.3 Å². The number of rotatable bonds is 8. The van der Waals surface area contributed by atoms with E-state index in [0.29, 0.717) is 35.8 Å². The van der Waals surface area contributed by atoms with E-state index in [2.05, 4.69) is 16.0 Å². The molecule has 0 saturated heterocycles. The van der Waals surface area contributed by atoms with Crippen molar-refractivity contribution in [3.8, 4) is 11.5 Å². The molecule has 0 atom stereocenters. The van der Waals surface area contributed by atoms with Crippen molar-refractivity contribution in [2.24, 2.45) is 0 Å². The number of amides is 2.